The van der Waals surface area contributed by atoms with Crippen molar-refractivity contribution in [3.05, 3.63) is 0 Å². The van der Waals surface area contributed by atoms with E-state index in [0.29, 0.717) is 0 Å². The van der Waals surface area contributed by atoms with E-state index < -0.39 is 41.3 Å². The summed E-state index contributed by atoms with van der Waals surface area (Å²) in [5.74, 6) is -17.8. The molecule has 0 aromatic heterocycles. The van der Waals surface area contributed by atoms with Crippen molar-refractivity contribution in [2.45, 2.75) is 35.9 Å². The van der Waals surface area contributed by atoms with Crippen LogP contribution in [0.25, 0.3) is 0 Å². The Labute approximate surface area is 113 Å². The largest absolute Gasteiger partial charge is 0.458 e. The maximum Gasteiger partial charge on any atom is 0.377 e. The SMILES string of the molecule is CC(C)(Br)C(=O)OCC(F)(F)C(F)(F)C(F)(F)CO. The smallest absolute Gasteiger partial charge is 0.377 e. The lowest BCUT2D eigenvalue weighted by atomic mass is 10.1. The summed E-state index contributed by atoms with van der Waals surface area (Å²) in [6, 6.07) is 0. The van der Waals surface area contributed by atoms with E-state index in [1.807, 2.05) is 0 Å². The predicted molar refractivity (Wildman–Crippen MR) is 55.9 cm³/mol. The van der Waals surface area contributed by atoms with E-state index in [2.05, 4.69) is 20.7 Å². The summed E-state index contributed by atoms with van der Waals surface area (Å²) in [5.41, 5.74) is 0. The van der Waals surface area contributed by atoms with Crippen LogP contribution in [0.1, 0.15) is 13.8 Å². The zero-order chi connectivity index (χ0) is 15.7. The number of rotatable bonds is 6. The molecular formula is C9H11BrF6O3. The molecule has 3 nitrogen and oxygen atoms in total. The van der Waals surface area contributed by atoms with Crippen molar-refractivity contribution in [3.8, 4) is 0 Å². The molecule has 1 N–H and O–H groups in total. The Kier molecular flexibility index (Phi) is 5.32. The minimum Gasteiger partial charge on any atom is -0.458 e. The molecule has 0 aromatic carbocycles. The van der Waals surface area contributed by atoms with Crippen molar-refractivity contribution in [3.63, 3.8) is 0 Å². The third-order valence-electron chi connectivity index (χ3n) is 1.99. The second kappa shape index (κ2) is 5.47. The van der Waals surface area contributed by atoms with Crippen LogP contribution in [0.4, 0.5) is 26.3 Å². The highest BCUT2D eigenvalue weighted by Crippen LogP contribution is 2.45. The second-order valence-corrected chi connectivity index (χ2v) is 6.17. The lowest BCUT2D eigenvalue weighted by molar-refractivity contribution is -0.324. The second-order valence-electron chi connectivity index (χ2n) is 4.19. The Morgan fingerprint density at radius 1 is 1.11 bits per heavy atom. The van der Waals surface area contributed by atoms with Crippen LogP contribution < -0.4 is 0 Å². The Balaban J connectivity index is 4.95. The van der Waals surface area contributed by atoms with Crippen LogP contribution in [0.2, 0.25) is 0 Å². The molecule has 0 aliphatic rings. The molecule has 19 heavy (non-hydrogen) atoms. The van der Waals surface area contributed by atoms with Gasteiger partial charge in [-0.15, -0.1) is 0 Å². The van der Waals surface area contributed by atoms with Crippen molar-refractivity contribution in [2.24, 2.45) is 0 Å². The number of hydrogen-bond donors (Lipinski definition) is 1. The van der Waals surface area contributed by atoms with Crippen molar-refractivity contribution in [1.29, 1.82) is 0 Å². The minimum absolute atomic E-state index is 1.19. The molecule has 0 saturated carbocycles. The summed E-state index contributed by atoms with van der Waals surface area (Å²) in [6.07, 6.45) is 0. The van der Waals surface area contributed by atoms with E-state index in [4.69, 9.17) is 5.11 Å². The van der Waals surface area contributed by atoms with Gasteiger partial charge in [0.05, 0.1) is 0 Å². The first-order chi connectivity index (χ1) is 8.19. The van der Waals surface area contributed by atoms with Gasteiger partial charge in [0, 0.05) is 0 Å². The van der Waals surface area contributed by atoms with E-state index in [0.717, 1.165) is 0 Å². The molecule has 10 heteroatoms. The van der Waals surface area contributed by atoms with Crippen molar-refractivity contribution >= 4 is 21.9 Å². The van der Waals surface area contributed by atoms with Crippen LogP contribution >= 0.6 is 15.9 Å². The van der Waals surface area contributed by atoms with Crippen LogP contribution in [0.3, 0.4) is 0 Å². The molecule has 0 fully saturated rings. The zero-order valence-electron chi connectivity index (χ0n) is 9.82. The van der Waals surface area contributed by atoms with Crippen molar-refractivity contribution in [1.82, 2.24) is 0 Å². The maximum atomic E-state index is 13.0. The summed E-state index contributed by atoms with van der Waals surface area (Å²) < 4.78 is 79.3. The summed E-state index contributed by atoms with van der Waals surface area (Å²) in [4.78, 5) is 11.1. The number of aliphatic hydroxyl groups excluding tert-OH is 1. The predicted octanol–water partition coefficient (Wildman–Crippen LogP) is 2.60. The number of esters is 1. The highest BCUT2D eigenvalue weighted by molar-refractivity contribution is 9.10. The van der Waals surface area contributed by atoms with Crippen molar-refractivity contribution in [2.75, 3.05) is 13.2 Å². The summed E-state index contributed by atoms with van der Waals surface area (Å²) >= 11 is 2.72. The van der Waals surface area contributed by atoms with E-state index in [-0.39, 0.29) is 0 Å². The third-order valence-corrected chi connectivity index (χ3v) is 2.31. The number of ether oxygens (including phenoxy) is 1. The van der Waals surface area contributed by atoms with Crippen LogP contribution in [0.15, 0.2) is 0 Å². The molecular weight excluding hydrogens is 350 g/mol. The van der Waals surface area contributed by atoms with E-state index in [1.54, 1.807) is 0 Å². The average Bonchev–Trinajstić information content (AvgIpc) is 2.23. The number of aliphatic hydroxyl groups is 1. The summed E-state index contributed by atoms with van der Waals surface area (Å²) in [5, 5.41) is 8.02. The van der Waals surface area contributed by atoms with Gasteiger partial charge in [-0.05, 0) is 13.8 Å². The summed E-state index contributed by atoms with van der Waals surface area (Å²) in [6.45, 7) is -2.32. The fraction of sp³-hybridized carbons (Fsp3) is 0.889. The third kappa shape index (κ3) is 3.98. The normalized spacial score (nSPS) is 14.4. The molecule has 0 unspecified atom stereocenters. The van der Waals surface area contributed by atoms with Gasteiger partial charge in [-0.2, -0.15) is 26.3 Å². The average molecular weight is 361 g/mol. The molecule has 114 valence electrons. The van der Waals surface area contributed by atoms with Crippen LogP contribution in [0, 0.1) is 0 Å². The standard InChI is InChI=1S/C9H11BrF6O3/c1-6(2,10)5(18)19-4-8(13,14)9(15,16)7(11,12)3-17/h17H,3-4H2,1-2H3. The van der Waals surface area contributed by atoms with E-state index in [9.17, 15) is 31.1 Å². The molecule has 0 spiro atoms. The Morgan fingerprint density at radius 2 is 1.53 bits per heavy atom. The maximum absolute atomic E-state index is 13.0. The van der Waals surface area contributed by atoms with Gasteiger partial charge in [0.1, 0.15) is 10.9 Å². The zero-order valence-corrected chi connectivity index (χ0v) is 11.4. The molecule has 0 aliphatic heterocycles. The Morgan fingerprint density at radius 3 is 1.84 bits per heavy atom. The summed E-state index contributed by atoms with van der Waals surface area (Å²) in [7, 11) is 0. The van der Waals surface area contributed by atoms with Crippen LogP contribution in [0.5, 0.6) is 0 Å². The quantitative estimate of drug-likeness (QED) is 0.450. The fourth-order valence-electron chi connectivity index (χ4n) is 0.785. The highest BCUT2D eigenvalue weighted by Gasteiger charge is 2.71. The molecule has 0 aliphatic carbocycles. The van der Waals surface area contributed by atoms with Gasteiger partial charge >= 0.3 is 23.7 Å². The molecule has 0 heterocycles. The van der Waals surface area contributed by atoms with Gasteiger partial charge in [-0.3, -0.25) is 4.79 Å². The molecule has 0 amide bonds. The van der Waals surface area contributed by atoms with Gasteiger partial charge in [0.15, 0.2) is 6.61 Å². The molecule has 0 aromatic rings. The minimum atomic E-state index is -5.86. The lowest BCUT2D eigenvalue weighted by Gasteiger charge is -2.31. The fourth-order valence-corrected chi connectivity index (χ4v) is 0.900. The van der Waals surface area contributed by atoms with E-state index >= 15 is 0 Å². The van der Waals surface area contributed by atoms with Crippen molar-refractivity contribution < 1.29 is 41.0 Å². The number of carbonyl (C=O) groups is 1. The highest BCUT2D eigenvalue weighted by atomic mass is 79.9. The first kappa shape index (κ1) is 18.5. The van der Waals surface area contributed by atoms with Gasteiger partial charge in [-0.25, -0.2) is 0 Å². The number of hydrogen-bond acceptors (Lipinski definition) is 3. The molecule has 0 atom stereocenters. The number of alkyl halides is 7. The van der Waals surface area contributed by atoms with Gasteiger partial charge in [0.2, 0.25) is 0 Å². The monoisotopic (exact) mass is 360 g/mol. The van der Waals surface area contributed by atoms with Crippen LogP contribution in [-0.2, 0) is 9.53 Å². The van der Waals surface area contributed by atoms with Crippen LogP contribution in [-0.4, -0.2) is 46.4 Å². The molecule has 0 bridgehead atoms. The first-order valence-corrected chi connectivity index (χ1v) is 5.59. The van der Waals surface area contributed by atoms with Gasteiger partial charge in [0.25, 0.3) is 0 Å². The number of halogens is 7. The Bertz CT molecular complexity index is 339. The first-order valence-electron chi connectivity index (χ1n) is 4.79. The van der Waals surface area contributed by atoms with Gasteiger partial charge in [-0.1, -0.05) is 15.9 Å². The number of carbonyl (C=O) groups excluding carboxylic acids is 1. The Hall–Kier alpha value is -0.510. The molecule has 0 saturated heterocycles. The van der Waals surface area contributed by atoms with E-state index in [1.165, 1.54) is 13.8 Å². The molecule has 0 radical (unpaired) electrons. The lowest BCUT2D eigenvalue weighted by Crippen LogP contribution is -2.58. The topological polar surface area (TPSA) is 46.5 Å². The molecule has 0 rings (SSSR count). The van der Waals surface area contributed by atoms with Gasteiger partial charge < -0.3 is 9.84 Å².